The van der Waals surface area contributed by atoms with E-state index in [2.05, 4.69) is 4.98 Å². The van der Waals surface area contributed by atoms with Crippen LogP contribution in [0.3, 0.4) is 0 Å². The van der Waals surface area contributed by atoms with Gasteiger partial charge >= 0.3 is 5.69 Å². The summed E-state index contributed by atoms with van der Waals surface area (Å²) in [4.78, 5) is 27.8. The molecule has 3 rings (SSSR count). The van der Waals surface area contributed by atoms with Crippen LogP contribution in [0.2, 0.25) is 0 Å². The minimum Gasteiger partial charge on any atom is -0.293 e. The minimum absolute atomic E-state index is 0.0966. The zero-order valence-electron chi connectivity index (χ0n) is 9.41. The van der Waals surface area contributed by atoms with Crippen LogP contribution in [0.4, 0.5) is 5.69 Å². The number of carbonyl (C=O) groups excluding carboxylic acids is 2. The second kappa shape index (κ2) is 3.74. The summed E-state index contributed by atoms with van der Waals surface area (Å²) >= 11 is 0. The zero-order valence-corrected chi connectivity index (χ0v) is 9.41. The molecule has 4 nitrogen and oxygen atoms in total. The average Bonchev–Trinajstić information content (AvgIpc) is 2.44. The molecule has 0 spiro atoms. The van der Waals surface area contributed by atoms with Crippen molar-refractivity contribution in [2.24, 2.45) is 11.8 Å². The highest BCUT2D eigenvalue weighted by atomic mass is 16.1. The summed E-state index contributed by atoms with van der Waals surface area (Å²) in [5, 5.41) is 8.92. The molecule has 1 aromatic carbocycles. The van der Waals surface area contributed by atoms with Crippen molar-refractivity contribution >= 4 is 17.3 Å². The van der Waals surface area contributed by atoms with Crippen molar-refractivity contribution in [1.29, 1.82) is 5.39 Å². The van der Waals surface area contributed by atoms with E-state index < -0.39 is 11.8 Å². The number of allylic oxidation sites excluding steroid dienone is 4. The molecule has 2 aliphatic rings. The van der Waals surface area contributed by atoms with E-state index in [1.165, 1.54) is 6.07 Å². The Morgan fingerprint density at radius 3 is 2.33 bits per heavy atom. The first-order chi connectivity index (χ1) is 8.74. The summed E-state index contributed by atoms with van der Waals surface area (Å²) in [7, 11) is 0. The predicted molar refractivity (Wildman–Crippen MR) is 65.1 cm³/mol. The van der Waals surface area contributed by atoms with Gasteiger partial charge < -0.3 is 0 Å². The van der Waals surface area contributed by atoms with Crippen molar-refractivity contribution in [3.05, 3.63) is 58.6 Å². The maximum absolute atomic E-state index is 12.4. The van der Waals surface area contributed by atoms with Gasteiger partial charge in [0.15, 0.2) is 16.5 Å². The number of nitrogens with zero attached hydrogens (tertiary/aromatic N) is 2. The zero-order chi connectivity index (χ0) is 12.7. The van der Waals surface area contributed by atoms with Crippen molar-refractivity contribution in [2.75, 3.05) is 0 Å². The van der Waals surface area contributed by atoms with Gasteiger partial charge in [0.25, 0.3) is 0 Å². The Labute approximate surface area is 103 Å². The van der Waals surface area contributed by atoms with E-state index in [1.807, 2.05) is 0 Å². The van der Waals surface area contributed by atoms with E-state index >= 15 is 0 Å². The third kappa shape index (κ3) is 1.28. The monoisotopic (exact) mass is 237 g/mol. The van der Waals surface area contributed by atoms with Crippen LogP contribution in [0.15, 0.2) is 42.5 Å². The van der Waals surface area contributed by atoms with Crippen molar-refractivity contribution in [3.8, 4) is 0 Å². The first-order valence-corrected chi connectivity index (χ1v) is 5.65. The molecule has 4 heteroatoms. The Kier molecular flexibility index (Phi) is 2.20. The summed E-state index contributed by atoms with van der Waals surface area (Å²) in [6.45, 7) is 0. The molecule has 18 heavy (non-hydrogen) atoms. The van der Waals surface area contributed by atoms with Crippen LogP contribution < -0.4 is 0 Å². The number of carbonyl (C=O) groups is 2. The Balaban J connectivity index is 2.27. The third-order valence-corrected chi connectivity index (χ3v) is 3.40. The molecule has 1 aromatic rings. The number of fused-ring (bicyclic) bond motifs is 2. The molecule has 0 radical (unpaired) electrons. The van der Waals surface area contributed by atoms with E-state index in [0.29, 0.717) is 5.56 Å². The van der Waals surface area contributed by atoms with Gasteiger partial charge in [-0.3, -0.25) is 9.59 Å². The number of ketones is 2. The molecule has 0 heterocycles. The quantitative estimate of drug-likeness (QED) is 0.652. The van der Waals surface area contributed by atoms with Gasteiger partial charge in [0.1, 0.15) is 5.56 Å². The molecule has 0 fully saturated rings. The van der Waals surface area contributed by atoms with Crippen LogP contribution >= 0.6 is 0 Å². The highest BCUT2D eigenvalue weighted by Crippen LogP contribution is 2.37. The summed E-state index contributed by atoms with van der Waals surface area (Å²) in [6.07, 6.45) is 7.01. The van der Waals surface area contributed by atoms with E-state index in [-0.39, 0.29) is 22.8 Å². The maximum atomic E-state index is 12.4. The molecular formula is C14H9N2O2+. The van der Waals surface area contributed by atoms with Crippen molar-refractivity contribution in [3.63, 3.8) is 0 Å². The van der Waals surface area contributed by atoms with E-state index in [0.717, 1.165) is 0 Å². The van der Waals surface area contributed by atoms with Crippen molar-refractivity contribution in [1.82, 2.24) is 0 Å². The molecule has 0 amide bonds. The predicted octanol–water partition coefficient (Wildman–Crippen LogP) is 2.91. The molecule has 0 saturated carbocycles. The van der Waals surface area contributed by atoms with E-state index in [1.54, 1.807) is 36.4 Å². The Hall–Kier alpha value is -2.54. The third-order valence-electron chi connectivity index (χ3n) is 3.40. The van der Waals surface area contributed by atoms with Crippen LogP contribution in [-0.2, 0) is 0 Å². The fourth-order valence-electron chi connectivity index (χ4n) is 2.54. The van der Waals surface area contributed by atoms with E-state index in [4.69, 9.17) is 5.39 Å². The first kappa shape index (κ1) is 10.6. The number of hydrogen-bond donors (Lipinski definition) is 0. The second-order valence-corrected chi connectivity index (χ2v) is 4.35. The molecule has 0 aliphatic heterocycles. The van der Waals surface area contributed by atoms with Crippen LogP contribution in [0.25, 0.3) is 4.98 Å². The van der Waals surface area contributed by atoms with Crippen molar-refractivity contribution < 1.29 is 9.59 Å². The molecule has 2 atom stereocenters. The van der Waals surface area contributed by atoms with E-state index in [9.17, 15) is 9.59 Å². The molecule has 0 saturated heterocycles. The molecule has 2 aliphatic carbocycles. The highest BCUT2D eigenvalue weighted by Gasteiger charge is 2.43. The second-order valence-electron chi connectivity index (χ2n) is 4.35. The summed E-state index contributed by atoms with van der Waals surface area (Å²) < 4.78 is 0. The number of benzene rings is 1. The number of diazo groups is 1. The molecule has 0 aromatic heterocycles. The summed E-state index contributed by atoms with van der Waals surface area (Å²) in [6, 6.07) is 4.74. The number of rotatable bonds is 0. The van der Waals surface area contributed by atoms with Crippen LogP contribution in [-0.4, -0.2) is 11.6 Å². The fourth-order valence-corrected chi connectivity index (χ4v) is 2.54. The molecule has 2 unspecified atom stereocenters. The lowest BCUT2D eigenvalue weighted by molar-refractivity contribution is 0.0802. The SMILES string of the molecule is N#[N+]c1cccc2c1C(=O)C1C=CC=CC1C2=O. The molecular weight excluding hydrogens is 228 g/mol. The standard InChI is InChI=1S/C14H9N2O2/c15-16-11-7-3-6-10-12(11)14(18)9-5-2-1-4-8(9)13(10)17/h1-9H/q+1. The van der Waals surface area contributed by atoms with Gasteiger partial charge in [-0.05, 0) is 0 Å². The van der Waals surface area contributed by atoms with Crippen molar-refractivity contribution in [2.45, 2.75) is 0 Å². The molecule has 0 bridgehead atoms. The lowest BCUT2D eigenvalue weighted by Crippen LogP contribution is -2.35. The maximum Gasteiger partial charge on any atom is 0.396 e. The van der Waals surface area contributed by atoms with Crippen LogP contribution in [0.1, 0.15) is 20.7 Å². The Morgan fingerprint density at radius 2 is 1.67 bits per heavy atom. The smallest absolute Gasteiger partial charge is 0.293 e. The molecule has 0 N–H and O–H groups in total. The number of Topliss-reactive ketones (excluding diaryl/α,β-unsaturated/α-hetero) is 2. The lowest BCUT2D eigenvalue weighted by atomic mass is 9.72. The Morgan fingerprint density at radius 1 is 1.00 bits per heavy atom. The number of hydrogen-bond acceptors (Lipinski definition) is 3. The first-order valence-electron chi connectivity index (χ1n) is 5.65. The van der Waals surface area contributed by atoms with Gasteiger partial charge in [-0.1, -0.05) is 36.4 Å². The summed E-state index contributed by atoms with van der Waals surface area (Å²) in [5.74, 6) is -1.16. The fraction of sp³-hybridized carbons (Fsp3) is 0.143. The minimum atomic E-state index is -0.474. The summed E-state index contributed by atoms with van der Waals surface area (Å²) in [5.41, 5.74) is 0.731. The normalized spacial score (nSPS) is 24.4. The van der Waals surface area contributed by atoms with Gasteiger partial charge in [0, 0.05) is 11.6 Å². The van der Waals surface area contributed by atoms with Crippen LogP contribution in [0, 0.1) is 17.2 Å². The average molecular weight is 237 g/mol. The molecule has 86 valence electrons. The van der Waals surface area contributed by atoms with Gasteiger partial charge in [0.2, 0.25) is 5.39 Å². The van der Waals surface area contributed by atoms with Gasteiger partial charge in [-0.15, -0.1) is 0 Å². The lowest BCUT2D eigenvalue weighted by Gasteiger charge is -2.26. The van der Waals surface area contributed by atoms with Gasteiger partial charge in [-0.2, -0.15) is 0 Å². The highest BCUT2D eigenvalue weighted by molar-refractivity contribution is 6.20. The van der Waals surface area contributed by atoms with Crippen LogP contribution in [0.5, 0.6) is 0 Å². The largest absolute Gasteiger partial charge is 0.396 e. The van der Waals surface area contributed by atoms with Gasteiger partial charge in [-0.25, -0.2) is 0 Å². The Bertz CT molecular complexity index is 665. The van der Waals surface area contributed by atoms with Gasteiger partial charge in [0.05, 0.1) is 11.8 Å². The topological polar surface area (TPSA) is 62.3 Å².